The maximum Gasteiger partial charge on any atom is 0.131 e. The van der Waals surface area contributed by atoms with Gasteiger partial charge in [-0.05, 0) is 123 Å². The normalized spacial score (nSPS) is 29.8. The van der Waals surface area contributed by atoms with Gasteiger partial charge in [0, 0.05) is 17.4 Å². The van der Waals surface area contributed by atoms with Crippen LogP contribution in [0.5, 0.6) is 5.75 Å². The van der Waals surface area contributed by atoms with Crippen LogP contribution in [0.3, 0.4) is 0 Å². The van der Waals surface area contributed by atoms with Gasteiger partial charge >= 0.3 is 0 Å². The third-order valence-electron chi connectivity index (χ3n) is 13.6. The fraction of sp³-hybridized carbons (Fsp3) is 0.255. The highest BCUT2D eigenvalue weighted by Crippen LogP contribution is 2.61. The minimum absolute atomic E-state index is 0.103. The standard InChI is InChI=1S/C51H44O/c1-51(27-26-33-11-3-5-14-39(33)31-51)50-42-17-9-8-16-41(42)48(38-19-18-32-10-2-4-13-35(32)28-38)45-29-36(20-23-43(45)50)37-21-24-44-47(30-37)52-46-25-22-34-12-6-7-15-40(34)49(44)46/h2-4,6-13,15-23,25,28-31,33,43-45,48,50H,5,14,24,26-27H2,1H3. The van der Waals surface area contributed by atoms with Crippen LogP contribution in [0.2, 0.25) is 0 Å². The molecule has 5 aromatic carbocycles. The highest BCUT2D eigenvalue weighted by atomic mass is 16.5. The first-order valence-corrected chi connectivity index (χ1v) is 19.6. The molecule has 1 heteroatoms. The van der Waals surface area contributed by atoms with Crippen molar-refractivity contribution in [1.29, 1.82) is 0 Å². The Morgan fingerprint density at radius 2 is 1.56 bits per heavy atom. The first-order valence-electron chi connectivity index (χ1n) is 19.6. The molecule has 0 bridgehead atoms. The van der Waals surface area contributed by atoms with E-state index in [2.05, 4.69) is 159 Å². The Hall–Kier alpha value is -5.14. The molecule has 254 valence electrons. The SMILES string of the molecule is CC1(C2c3ccccc3C(c3ccc4ccccc4c3)C3C=C(C4=CCC5C(=C4)Oc4ccc6ccccc6c45)C=CC32)C=C2CCC=CC2CC1. The Balaban J connectivity index is 1.03. The largest absolute Gasteiger partial charge is 0.461 e. The number of hydrogen-bond acceptors (Lipinski definition) is 1. The smallest absolute Gasteiger partial charge is 0.131 e. The third kappa shape index (κ3) is 4.68. The number of benzene rings is 5. The summed E-state index contributed by atoms with van der Waals surface area (Å²) < 4.78 is 6.64. The van der Waals surface area contributed by atoms with Crippen molar-refractivity contribution in [1.82, 2.24) is 0 Å². The summed E-state index contributed by atoms with van der Waals surface area (Å²) >= 11 is 0. The van der Waals surface area contributed by atoms with E-state index in [9.17, 15) is 0 Å². The van der Waals surface area contributed by atoms with Crippen LogP contribution in [0.4, 0.5) is 0 Å². The Labute approximate surface area is 307 Å². The lowest BCUT2D eigenvalue weighted by Crippen LogP contribution is -2.41. The van der Waals surface area contributed by atoms with Gasteiger partial charge in [0.25, 0.3) is 0 Å². The van der Waals surface area contributed by atoms with Gasteiger partial charge in [-0.15, -0.1) is 0 Å². The summed E-state index contributed by atoms with van der Waals surface area (Å²) in [6, 6.07) is 38.7. The van der Waals surface area contributed by atoms with E-state index in [-0.39, 0.29) is 17.3 Å². The second kappa shape index (κ2) is 11.7. The summed E-state index contributed by atoms with van der Waals surface area (Å²) in [5, 5.41) is 5.23. The molecule has 0 radical (unpaired) electrons. The van der Waals surface area contributed by atoms with Crippen LogP contribution < -0.4 is 4.74 Å². The Bertz CT molecular complexity index is 2480. The molecular weight excluding hydrogens is 629 g/mol. The quantitative estimate of drug-likeness (QED) is 0.173. The van der Waals surface area contributed by atoms with Gasteiger partial charge in [0.2, 0.25) is 0 Å². The minimum atomic E-state index is 0.103. The molecule has 1 heterocycles. The second-order valence-corrected chi connectivity index (χ2v) is 16.5. The number of rotatable bonds is 3. The van der Waals surface area contributed by atoms with Crippen molar-refractivity contribution >= 4 is 21.5 Å². The van der Waals surface area contributed by atoms with Gasteiger partial charge in [0.15, 0.2) is 0 Å². The molecule has 6 aliphatic rings. The molecular formula is C51H44O. The molecule has 5 aliphatic carbocycles. The molecule has 0 aromatic heterocycles. The van der Waals surface area contributed by atoms with Crippen molar-refractivity contribution in [3.8, 4) is 5.75 Å². The predicted molar refractivity (Wildman–Crippen MR) is 215 cm³/mol. The molecule has 52 heavy (non-hydrogen) atoms. The third-order valence-corrected chi connectivity index (χ3v) is 13.6. The van der Waals surface area contributed by atoms with Gasteiger partial charge in [-0.2, -0.15) is 0 Å². The summed E-state index contributed by atoms with van der Waals surface area (Å²) in [5.74, 6) is 4.45. The van der Waals surface area contributed by atoms with E-state index in [1.807, 2.05) is 0 Å². The number of fused-ring (bicyclic) bond motifs is 9. The summed E-state index contributed by atoms with van der Waals surface area (Å²) in [7, 11) is 0. The van der Waals surface area contributed by atoms with Crippen LogP contribution in [0.15, 0.2) is 174 Å². The lowest BCUT2D eigenvalue weighted by atomic mass is 9.51. The van der Waals surface area contributed by atoms with Gasteiger partial charge < -0.3 is 4.74 Å². The lowest BCUT2D eigenvalue weighted by Gasteiger charge is -2.52. The monoisotopic (exact) mass is 672 g/mol. The van der Waals surface area contributed by atoms with Crippen molar-refractivity contribution in [2.75, 3.05) is 0 Å². The number of ether oxygens (including phenoxy) is 1. The van der Waals surface area contributed by atoms with Crippen LogP contribution in [-0.4, -0.2) is 0 Å². The van der Waals surface area contributed by atoms with E-state index in [4.69, 9.17) is 4.74 Å². The minimum Gasteiger partial charge on any atom is -0.461 e. The molecule has 5 aromatic rings. The van der Waals surface area contributed by atoms with Gasteiger partial charge in [-0.1, -0.05) is 152 Å². The van der Waals surface area contributed by atoms with Gasteiger partial charge in [-0.3, -0.25) is 0 Å². The Morgan fingerprint density at radius 3 is 2.48 bits per heavy atom. The number of hydrogen-bond donors (Lipinski definition) is 0. The summed E-state index contributed by atoms with van der Waals surface area (Å²) in [4.78, 5) is 0. The molecule has 7 unspecified atom stereocenters. The predicted octanol–water partition coefficient (Wildman–Crippen LogP) is 13.0. The van der Waals surface area contributed by atoms with E-state index in [0.717, 1.165) is 17.9 Å². The molecule has 0 spiro atoms. The second-order valence-electron chi connectivity index (χ2n) is 16.5. The van der Waals surface area contributed by atoms with Crippen LogP contribution in [-0.2, 0) is 0 Å². The molecule has 0 fully saturated rings. The van der Waals surface area contributed by atoms with E-state index >= 15 is 0 Å². The van der Waals surface area contributed by atoms with Crippen molar-refractivity contribution in [3.05, 3.63) is 196 Å². The van der Waals surface area contributed by atoms with E-state index in [1.165, 1.54) is 75.1 Å². The average molecular weight is 673 g/mol. The van der Waals surface area contributed by atoms with E-state index in [1.54, 1.807) is 11.1 Å². The molecule has 7 atom stereocenters. The molecule has 0 saturated heterocycles. The average Bonchev–Trinajstić information content (AvgIpc) is 3.58. The van der Waals surface area contributed by atoms with Crippen LogP contribution in [0.25, 0.3) is 21.5 Å². The van der Waals surface area contributed by atoms with Crippen molar-refractivity contribution in [2.24, 2.45) is 23.2 Å². The first-order chi connectivity index (χ1) is 25.6. The molecule has 0 amide bonds. The topological polar surface area (TPSA) is 9.23 Å². The van der Waals surface area contributed by atoms with Gasteiger partial charge in [-0.25, -0.2) is 0 Å². The van der Waals surface area contributed by atoms with Crippen LogP contribution in [0, 0.1) is 23.2 Å². The maximum atomic E-state index is 6.64. The molecule has 0 N–H and O–H groups in total. The molecule has 1 nitrogen and oxygen atoms in total. The lowest BCUT2D eigenvalue weighted by molar-refractivity contribution is 0.182. The van der Waals surface area contributed by atoms with Crippen molar-refractivity contribution in [2.45, 2.75) is 56.8 Å². The molecule has 0 saturated carbocycles. The van der Waals surface area contributed by atoms with Crippen molar-refractivity contribution < 1.29 is 4.74 Å². The fourth-order valence-electron chi connectivity index (χ4n) is 11.2. The van der Waals surface area contributed by atoms with Crippen LogP contribution in [0.1, 0.15) is 79.0 Å². The highest BCUT2D eigenvalue weighted by Gasteiger charge is 2.50. The fourth-order valence-corrected chi connectivity index (χ4v) is 11.2. The van der Waals surface area contributed by atoms with Gasteiger partial charge in [0.1, 0.15) is 11.5 Å². The Kier molecular flexibility index (Phi) is 6.85. The summed E-state index contributed by atoms with van der Waals surface area (Å²) in [6.07, 6.45) is 26.1. The van der Waals surface area contributed by atoms with Crippen molar-refractivity contribution in [3.63, 3.8) is 0 Å². The van der Waals surface area contributed by atoms with E-state index < -0.39 is 0 Å². The number of allylic oxidation sites excluding steroid dienone is 12. The molecule has 11 rings (SSSR count). The zero-order chi connectivity index (χ0) is 34.4. The zero-order valence-electron chi connectivity index (χ0n) is 29.8. The first kappa shape index (κ1) is 30.5. The summed E-state index contributed by atoms with van der Waals surface area (Å²) in [5.41, 5.74) is 10.3. The van der Waals surface area contributed by atoms with Gasteiger partial charge in [0.05, 0.1) is 0 Å². The molecule has 1 aliphatic heterocycles. The summed E-state index contributed by atoms with van der Waals surface area (Å²) in [6.45, 7) is 2.59. The van der Waals surface area contributed by atoms with E-state index in [0.29, 0.717) is 23.7 Å². The highest BCUT2D eigenvalue weighted by molar-refractivity contribution is 5.90. The maximum absolute atomic E-state index is 6.64. The van der Waals surface area contributed by atoms with Crippen LogP contribution >= 0.6 is 0 Å². The Morgan fingerprint density at radius 1 is 0.750 bits per heavy atom. The zero-order valence-corrected chi connectivity index (χ0v) is 29.8.